The van der Waals surface area contributed by atoms with Gasteiger partial charge in [-0.1, -0.05) is 0 Å². The van der Waals surface area contributed by atoms with Crippen LogP contribution in [0, 0.1) is 0 Å². The SMILES string of the molecule is C[Si](C)(O)C(F)C(F)(F)C(F)(F)C(F)(F)C(F)(F)C(F)(F)C(F)(F)C(F)C(F)C(F)F. The van der Waals surface area contributed by atoms with E-state index in [1.54, 1.807) is 0 Å². The van der Waals surface area contributed by atoms with Crippen LogP contribution in [0.5, 0.6) is 0 Å². The molecule has 0 aromatic heterocycles. The van der Waals surface area contributed by atoms with Crippen LogP contribution < -0.4 is 0 Å². The second kappa shape index (κ2) is 8.09. The van der Waals surface area contributed by atoms with Gasteiger partial charge in [0.05, 0.1) is 0 Å². The Morgan fingerprint density at radius 3 is 1.10 bits per heavy atom. The Labute approximate surface area is 162 Å². The van der Waals surface area contributed by atoms with E-state index in [-0.39, 0.29) is 13.1 Å². The van der Waals surface area contributed by atoms with Gasteiger partial charge in [-0.25, -0.2) is 22.0 Å². The molecule has 0 amide bonds. The zero-order valence-corrected chi connectivity index (χ0v) is 15.7. The van der Waals surface area contributed by atoms with Crippen molar-refractivity contribution in [2.75, 3.05) is 0 Å². The quantitative estimate of drug-likeness (QED) is 0.284. The molecule has 0 heterocycles. The van der Waals surface area contributed by atoms with Crippen molar-refractivity contribution >= 4 is 8.32 Å². The van der Waals surface area contributed by atoms with E-state index in [9.17, 15) is 74.6 Å². The summed E-state index contributed by atoms with van der Waals surface area (Å²) in [5.74, 6) is -52.3. The van der Waals surface area contributed by atoms with Crippen molar-refractivity contribution < 1.29 is 79.4 Å². The highest BCUT2D eigenvalue weighted by molar-refractivity contribution is 6.71. The Balaban J connectivity index is 6.62. The van der Waals surface area contributed by atoms with Crippen LogP contribution in [-0.2, 0) is 0 Å². The fourth-order valence-corrected chi connectivity index (χ4v) is 2.99. The van der Waals surface area contributed by atoms with Gasteiger partial charge in [-0.15, -0.1) is 0 Å². The Morgan fingerprint density at radius 1 is 0.548 bits per heavy atom. The predicted octanol–water partition coefficient (Wildman–Crippen LogP) is 5.81. The lowest BCUT2D eigenvalue weighted by Gasteiger charge is -2.43. The number of halogens is 17. The molecule has 31 heavy (non-hydrogen) atoms. The zero-order valence-electron chi connectivity index (χ0n) is 14.7. The van der Waals surface area contributed by atoms with Crippen molar-refractivity contribution in [3.05, 3.63) is 0 Å². The van der Waals surface area contributed by atoms with Crippen molar-refractivity contribution in [3.8, 4) is 0 Å². The maximum absolute atomic E-state index is 13.5. The summed E-state index contributed by atoms with van der Waals surface area (Å²) in [4.78, 5) is 9.02. The predicted molar refractivity (Wildman–Crippen MR) is 70.1 cm³/mol. The minimum Gasteiger partial charge on any atom is -0.429 e. The maximum Gasteiger partial charge on any atom is 0.384 e. The first-order valence-corrected chi connectivity index (χ1v) is 10.4. The summed E-state index contributed by atoms with van der Waals surface area (Å²) in [6, 6.07) is 0. The third-order valence-corrected chi connectivity index (χ3v) is 5.43. The second-order valence-electron chi connectivity index (χ2n) is 6.74. The van der Waals surface area contributed by atoms with Crippen LogP contribution >= 0.6 is 0 Å². The lowest BCUT2D eigenvalue weighted by molar-refractivity contribution is -0.432. The van der Waals surface area contributed by atoms with Gasteiger partial charge in [0.25, 0.3) is 6.43 Å². The largest absolute Gasteiger partial charge is 0.429 e. The third-order valence-electron chi connectivity index (χ3n) is 3.83. The number of hydrogen-bond acceptors (Lipinski definition) is 1. The number of hydrogen-bond donors (Lipinski definition) is 1. The van der Waals surface area contributed by atoms with Gasteiger partial charge >= 0.3 is 35.5 Å². The van der Waals surface area contributed by atoms with Crippen molar-refractivity contribution in [1.29, 1.82) is 0 Å². The molecule has 0 rings (SSSR count). The molecule has 0 saturated carbocycles. The minimum atomic E-state index is -8.40. The summed E-state index contributed by atoms with van der Waals surface area (Å²) in [5, 5.41) is 0. The fourth-order valence-electron chi connectivity index (χ4n) is 1.92. The van der Waals surface area contributed by atoms with Gasteiger partial charge in [-0.2, -0.15) is 52.7 Å². The molecule has 3 atom stereocenters. The highest BCUT2D eigenvalue weighted by Gasteiger charge is 2.92. The van der Waals surface area contributed by atoms with Crippen LogP contribution in [0.1, 0.15) is 0 Å². The third kappa shape index (κ3) is 4.31. The molecule has 0 bridgehead atoms. The molecular formula is C12H11F17OSi. The summed E-state index contributed by atoms with van der Waals surface area (Å²) in [6.45, 7) is 0.111. The molecule has 3 unspecified atom stereocenters. The Bertz CT molecular complexity index is 627. The Morgan fingerprint density at radius 2 is 0.839 bits per heavy atom. The van der Waals surface area contributed by atoms with Crippen molar-refractivity contribution in [3.63, 3.8) is 0 Å². The van der Waals surface area contributed by atoms with Crippen molar-refractivity contribution in [2.45, 2.75) is 73.2 Å². The van der Waals surface area contributed by atoms with E-state index in [2.05, 4.69) is 0 Å². The first-order chi connectivity index (χ1) is 13.2. The topological polar surface area (TPSA) is 20.2 Å². The van der Waals surface area contributed by atoms with E-state index in [0.717, 1.165) is 0 Å². The van der Waals surface area contributed by atoms with Gasteiger partial charge in [-0.3, -0.25) is 0 Å². The fraction of sp³-hybridized carbons (Fsp3) is 1.00. The lowest BCUT2D eigenvalue weighted by atomic mass is 9.89. The summed E-state index contributed by atoms with van der Waals surface area (Å²) in [5.41, 5.74) is 0. The molecule has 0 radical (unpaired) electrons. The summed E-state index contributed by atoms with van der Waals surface area (Å²) >= 11 is 0. The second-order valence-corrected chi connectivity index (χ2v) is 10.6. The number of alkyl halides is 17. The summed E-state index contributed by atoms with van der Waals surface area (Å²) in [6.07, 6.45) is -15.6. The van der Waals surface area contributed by atoms with Gasteiger partial charge in [0.1, 0.15) is 0 Å². The molecule has 1 N–H and O–H groups in total. The molecule has 0 aromatic rings. The standard InChI is InChI=1S/C12H11F17OSi/c1-31(2,30)6(17)8(20,21)10(24,25)12(28,29)11(26,27)9(22,23)7(18,19)4(14)3(13)5(15)16/h3-6,30H,1-2H3. The van der Waals surface area contributed by atoms with Crippen LogP contribution in [0.2, 0.25) is 13.1 Å². The smallest absolute Gasteiger partial charge is 0.384 e. The highest BCUT2D eigenvalue weighted by Crippen LogP contribution is 2.62. The van der Waals surface area contributed by atoms with Crippen molar-refractivity contribution in [2.24, 2.45) is 0 Å². The molecule has 0 spiro atoms. The van der Waals surface area contributed by atoms with E-state index >= 15 is 0 Å². The van der Waals surface area contributed by atoms with E-state index < -0.39 is 68.4 Å². The van der Waals surface area contributed by atoms with Crippen LogP contribution in [0.4, 0.5) is 74.6 Å². The van der Waals surface area contributed by atoms with Crippen LogP contribution in [0.3, 0.4) is 0 Å². The lowest BCUT2D eigenvalue weighted by Crippen LogP contribution is -2.74. The van der Waals surface area contributed by atoms with Gasteiger partial charge in [-0.05, 0) is 13.1 Å². The van der Waals surface area contributed by atoms with Crippen LogP contribution in [-0.4, -0.2) is 73.2 Å². The number of rotatable bonds is 10. The van der Waals surface area contributed by atoms with Gasteiger partial charge in [0, 0.05) is 0 Å². The maximum atomic E-state index is 13.5. The van der Waals surface area contributed by atoms with Crippen molar-refractivity contribution in [1.82, 2.24) is 0 Å². The Kier molecular flexibility index (Phi) is 7.82. The summed E-state index contributed by atoms with van der Waals surface area (Å²) < 4.78 is 224. The van der Waals surface area contributed by atoms with Crippen LogP contribution in [0.15, 0.2) is 0 Å². The average Bonchev–Trinajstić information content (AvgIpc) is 2.57. The molecule has 1 nitrogen and oxygen atoms in total. The molecule has 0 aliphatic carbocycles. The zero-order chi connectivity index (χ0) is 25.8. The molecule has 19 heteroatoms. The van der Waals surface area contributed by atoms with Gasteiger partial charge in [0.2, 0.25) is 14.5 Å². The van der Waals surface area contributed by atoms with E-state index in [0.29, 0.717) is 0 Å². The van der Waals surface area contributed by atoms with Crippen LogP contribution in [0.25, 0.3) is 0 Å². The van der Waals surface area contributed by atoms with Gasteiger partial charge in [0.15, 0.2) is 12.0 Å². The molecule has 0 aromatic carbocycles. The van der Waals surface area contributed by atoms with E-state index in [1.807, 2.05) is 0 Å². The van der Waals surface area contributed by atoms with Gasteiger partial charge < -0.3 is 4.80 Å². The first kappa shape index (κ1) is 30.0. The summed E-state index contributed by atoms with van der Waals surface area (Å²) in [7, 11) is -5.28. The average molecular weight is 522 g/mol. The van der Waals surface area contributed by atoms with E-state index in [4.69, 9.17) is 4.80 Å². The molecule has 0 saturated heterocycles. The molecular weight excluding hydrogens is 511 g/mol. The molecule has 0 fully saturated rings. The molecule has 0 aliphatic heterocycles. The van der Waals surface area contributed by atoms with E-state index in [1.165, 1.54) is 0 Å². The highest BCUT2D eigenvalue weighted by atomic mass is 28.4. The first-order valence-electron chi connectivity index (χ1n) is 7.37. The Hall–Kier alpha value is -1.01. The minimum absolute atomic E-state index is 0.0557. The molecule has 0 aliphatic rings. The normalized spacial score (nSPS) is 18.9. The molecule has 188 valence electrons. The monoisotopic (exact) mass is 522 g/mol.